The van der Waals surface area contributed by atoms with Crippen molar-refractivity contribution in [3.63, 3.8) is 0 Å². The summed E-state index contributed by atoms with van der Waals surface area (Å²) in [7, 11) is 3.33. The molecule has 1 aromatic carbocycles. The van der Waals surface area contributed by atoms with Gasteiger partial charge in [-0.1, -0.05) is 60.1 Å². The monoisotopic (exact) mass is 438 g/mol. The van der Waals surface area contributed by atoms with E-state index in [2.05, 4.69) is 41.9 Å². The fraction of sp³-hybridized carbons (Fsp3) is 0.619. The van der Waals surface area contributed by atoms with Gasteiger partial charge in [0.2, 0.25) is 11.8 Å². The Balaban J connectivity index is 1.98. The van der Waals surface area contributed by atoms with Crippen molar-refractivity contribution in [3.05, 3.63) is 35.9 Å². The van der Waals surface area contributed by atoms with Gasteiger partial charge < -0.3 is 14.2 Å². The number of methoxy groups -OCH3 is 2. The number of aliphatic imine (C=N–C) groups is 2. The van der Waals surface area contributed by atoms with Gasteiger partial charge in [-0.25, -0.2) is 9.98 Å². The van der Waals surface area contributed by atoms with Crippen molar-refractivity contribution in [2.75, 3.05) is 19.5 Å². The molecule has 1 aliphatic rings. The molecule has 0 bridgehead atoms. The number of halogens is 1. The van der Waals surface area contributed by atoms with Gasteiger partial charge in [-0.2, -0.15) is 0 Å². The van der Waals surface area contributed by atoms with Crippen molar-refractivity contribution in [2.45, 2.75) is 57.9 Å². The molecule has 0 saturated heterocycles. The zero-order valence-corrected chi connectivity index (χ0v) is 18.3. The van der Waals surface area contributed by atoms with E-state index in [1.165, 1.54) is 5.56 Å². The minimum absolute atomic E-state index is 0.0751. The Morgan fingerprint density at radius 3 is 2.30 bits per heavy atom. The highest BCUT2D eigenvalue weighted by atomic mass is 79.9. The normalized spacial score (nSPS) is 20.8. The van der Waals surface area contributed by atoms with Crippen LogP contribution in [0.3, 0.4) is 0 Å². The van der Waals surface area contributed by atoms with Crippen LogP contribution in [-0.2, 0) is 20.8 Å². The molecule has 2 rings (SSSR count). The Morgan fingerprint density at radius 2 is 1.70 bits per heavy atom. The molecule has 5 nitrogen and oxygen atoms in total. The summed E-state index contributed by atoms with van der Waals surface area (Å²) in [6, 6.07) is 10.1. The summed E-state index contributed by atoms with van der Waals surface area (Å²) >= 11 is 3.54. The summed E-state index contributed by atoms with van der Waals surface area (Å²) in [5.74, 6) is 1.69. The zero-order chi connectivity index (χ0) is 19.6. The molecule has 1 aromatic rings. The molecular weight excluding hydrogens is 408 g/mol. The molecule has 0 aliphatic carbocycles. The fourth-order valence-corrected chi connectivity index (χ4v) is 3.62. The van der Waals surface area contributed by atoms with Crippen LogP contribution in [0.1, 0.15) is 38.7 Å². The Hall–Kier alpha value is -1.40. The average Bonchev–Trinajstić information content (AvgIpc) is 2.70. The van der Waals surface area contributed by atoms with Crippen molar-refractivity contribution in [3.8, 4) is 0 Å². The molecule has 0 fully saturated rings. The molecule has 1 unspecified atom stereocenters. The second-order valence-corrected chi connectivity index (χ2v) is 7.81. The van der Waals surface area contributed by atoms with Crippen LogP contribution in [0.25, 0.3) is 0 Å². The van der Waals surface area contributed by atoms with Crippen LogP contribution in [0.2, 0.25) is 0 Å². The van der Waals surface area contributed by atoms with Gasteiger partial charge in [-0.05, 0) is 30.7 Å². The number of hydrogen-bond donors (Lipinski definition) is 0. The van der Waals surface area contributed by atoms with E-state index in [-0.39, 0.29) is 18.2 Å². The van der Waals surface area contributed by atoms with E-state index in [0.29, 0.717) is 24.3 Å². The van der Waals surface area contributed by atoms with Crippen LogP contribution < -0.4 is 0 Å². The second-order valence-electron chi connectivity index (χ2n) is 7.02. The van der Waals surface area contributed by atoms with Crippen molar-refractivity contribution in [1.82, 2.24) is 0 Å². The van der Waals surface area contributed by atoms with E-state index in [9.17, 15) is 0 Å². The maximum absolute atomic E-state index is 6.15. The van der Waals surface area contributed by atoms with Crippen LogP contribution in [-0.4, -0.2) is 49.5 Å². The average molecular weight is 439 g/mol. The van der Waals surface area contributed by atoms with Gasteiger partial charge in [-0.15, -0.1) is 0 Å². The molecule has 3 atom stereocenters. The second kappa shape index (κ2) is 11.4. The Morgan fingerprint density at radius 1 is 1.00 bits per heavy atom. The lowest BCUT2D eigenvalue weighted by Crippen LogP contribution is -2.37. The SMILES string of the molecule is COC1=N[C@H](C(C)C)C(OC)=N[C@H]1CCC(CCBr)OCc1ccccc1. The predicted octanol–water partition coefficient (Wildman–Crippen LogP) is 4.63. The van der Waals surface area contributed by atoms with Crippen molar-refractivity contribution < 1.29 is 14.2 Å². The van der Waals surface area contributed by atoms with E-state index < -0.39 is 0 Å². The Kier molecular flexibility index (Phi) is 9.28. The van der Waals surface area contributed by atoms with Gasteiger partial charge in [0, 0.05) is 5.33 Å². The summed E-state index contributed by atoms with van der Waals surface area (Å²) in [5.41, 5.74) is 1.19. The maximum atomic E-state index is 6.15. The largest absolute Gasteiger partial charge is 0.483 e. The third-order valence-electron chi connectivity index (χ3n) is 4.66. The number of rotatable bonds is 9. The van der Waals surface area contributed by atoms with Gasteiger partial charge in [0.25, 0.3) is 0 Å². The van der Waals surface area contributed by atoms with E-state index in [1.807, 2.05) is 18.2 Å². The summed E-state index contributed by atoms with van der Waals surface area (Å²) in [5, 5.41) is 0.907. The van der Waals surface area contributed by atoms with Gasteiger partial charge in [0.1, 0.15) is 12.1 Å². The van der Waals surface area contributed by atoms with Crippen molar-refractivity contribution in [2.24, 2.45) is 15.9 Å². The van der Waals surface area contributed by atoms with E-state index in [1.54, 1.807) is 14.2 Å². The Bertz CT molecular complexity index is 619. The third kappa shape index (κ3) is 6.61. The number of benzene rings is 1. The lowest BCUT2D eigenvalue weighted by atomic mass is 10.0. The topological polar surface area (TPSA) is 52.4 Å². The van der Waals surface area contributed by atoms with E-state index >= 15 is 0 Å². The van der Waals surface area contributed by atoms with E-state index in [0.717, 1.165) is 24.6 Å². The first-order valence-corrected chi connectivity index (χ1v) is 10.7. The van der Waals surface area contributed by atoms with Gasteiger partial charge in [0.15, 0.2) is 0 Å². The van der Waals surface area contributed by atoms with Crippen molar-refractivity contribution >= 4 is 27.7 Å². The van der Waals surface area contributed by atoms with E-state index in [4.69, 9.17) is 24.2 Å². The lowest BCUT2D eigenvalue weighted by molar-refractivity contribution is 0.0317. The molecule has 150 valence electrons. The highest BCUT2D eigenvalue weighted by molar-refractivity contribution is 9.09. The van der Waals surface area contributed by atoms with Gasteiger partial charge in [-0.3, -0.25) is 0 Å². The highest BCUT2D eigenvalue weighted by Gasteiger charge is 2.31. The first-order chi connectivity index (χ1) is 13.1. The third-order valence-corrected chi connectivity index (χ3v) is 5.12. The first kappa shape index (κ1) is 21.9. The molecule has 1 heterocycles. The number of alkyl halides is 1. The molecule has 0 aromatic heterocycles. The van der Waals surface area contributed by atoms with Crippen LogP contribution in [0.5, 0.6) is 0 Å². The van der Waals surface area contributed by atoms with Crippen LogP contribution in [0.4, 0.5) is 0 Å². The molecule has 1 aliphatic heterocycles. The molecule has 0 radical (unpaired) electrons. The quantitative estimate of drug-likeness (QED) is 0.527. The summed E-state index contributed by atoms with van der Waals surface area (Å²) in [4.78, 5) is 9.52. The molecular formula is C21H31BrN2O3. The van der Waals surface area contributed by atoms with Gasteiger partial charge >= 0.3 is 0 Å². The lowest BCUT2D eigenvalue weighted by Gasteiger charge is -2.28. The molecule has 0 amide bonds. The minimum atomic E-state index is -0.113. The number of ether oxygens (including phenoxy) is 3. The zero-order valence-electron chi connectivity index (χ0n) is 16.7. The van der Waals surface area contributed by atoms with Crippen LogP contribution in [0.15, 0.2) is 40.3 Å². The molecule has 27 heavy (non-hydrogen) atoms. The molecule has 0 N–H and O–H groups in total. The van der Waals surface area contributed by atoms with Crippen LogP contribution >= 0.6 is 15.9 Å². The smallest absolute Gasteiger partial charge is 0.209 e. The predicted molar refractivity (Wildman–Crippen MR) is 114 cm³/mol. The Labute approximate surface area is 171 Å². The molecule has 6 heteroatoms. The minimum Gasteiger partial charge on any atom is -0.483 e. The summed E-state index contributed by atoms with van der Waals surface area (Å²) in [6.45, 7) is 4.84. The number of hydrogen-bond acceptors (Lipinski definition) is 5. The summed E-state index contributed by atoms with van der Waals surface area (Å²) in [6.07, 6.45) is 2.82. The van der Waals surface area contributed by atoms with Gasteiger partial charge in [0.05, 0.1) is 26.9 Å². The highest BCUT2D eigenvalue weighted by Crippen LogP contribution is 2.22. The molecule has 0 spiro atoms. The van der Waals surface area contributed by atoms with Crippen LogP contribution in [0, 0.1) is 5.92 Å². The van der Waals surface area contributed by atoms with Crippen molar-refractivity contribution in [1.29, 1.82) is 0 Å². The standard InChI is InChI=1S/C21H31BrN2O3/c1-15(2)19-21(26-4)23-18(20(24-19)25-3)11-10-17(12-13-22)27-14-16-8-6-5-7-9-16/h5-9,15,17-19H,10-14H2,1-4H3/t17?,18-,19+/m0/s1. The maximum Gasteiger partial charge on any atom is 0.209 e. The molecule has 0 saturated carbocycles. The number of nitrogens with zero attached hydrogens (tertiary/aromatic N) is 2. The fourth-order valence-electron chi connectivity index (χ4n) is 3.11. The summed E-state index contributed by atoms with van der Waals surface area (Å²) < 4.78 is 17.2. The first-order valence-electron chi connectivity index (χ1n) is 9.53.